The second-order valence-electron chi connectivity index (χ2n) is 4.88. The van der Waals surface area contributed by atoms with Gasteiger partial charge in [-0.15, -0.1) is 0 Å². The highest BCUT2D eigenvalue weighted by atomic mass is 79.9. The molecule has 0 aliphatic heterocycles. The van der Waals surface area contributed by atoms with E-state index < -0.39 is 10.0 Å². The average Bonchev–Trinajstić information content (AvgIpc) is 3.06. The van der Waals surface area contributed by atoms with Crippen molar-refractivity contribution in [1.29, 1.82) is 5.26 Å². The van der Waals surface area contributed by atoms with Crippen LogP contribution in [0.1, 0.15) is 19.3 Å². The van der Waals surface area contributed by atoms with Gasteiger partial charge < -0.3 is 4.74 Å². The molecule has 1 aliphatic carbocycles. The maximum atomic E-state index is 11.6. The van der Waals surface area contributed by atoms with E-state index in [1.807, 2.05) is 0 Å². The van der Waals surface area contributed by atoms with Gasteiger partial charge in [0.1, 0.15) is 4.90 Å². The molecule has 108 valence electrons. The molecule has 1 saturated carbocycles. The van der Waals surface area contributed by atoms with Crippen LogP contribution in [0.3, 0.4) is 0 Å². The van der Waals surface area contributed by atoms with E-state index in [0.29, 0.717) is 10.9 Å². The van der Waals surface area contributed by atoms with Crippen molar-refractivity contribution in [3.63, 3.8) is 0 Å². The molecule has 0 spiro atoms. The molecule has 1 fully saturated rings. The number of primary sulfonamides is 1. The smallest absolute Gasteiger partial charge is 0.241 e. The van der Waals surface area contributed by atoms with Crippen LogP contribution in [0.2, 0.25) is 5.02 Å². The van der Waals surface area contributed by atoms with Gasteiger partial charge in [-0.05, 0) is 25.0 Å². The lowest BCUT2D eigenvalue weighted by atomic mass is 10.1. The first-order valence-electron chi connectivity index (χ1n) is 5.79. The Labute approximate surface area is 130 Å². The SMILES string of the molecule is N#CCC1(COc2c(Cl)cc(Br)cc2S(N)(=O)=O)CC1. The quantitative estimate of drug-likeness (QED) is 0.851. The van der Waals surface area contributed by atoms with Crippen molar-refractivity contribution in [3.8, 4) is 11.8 Å². The predicted molar refractivity (Wildman–Crippen MR) is 77.9 cm³/mol. The van der Waals surface area contributed by atoms with Crippen LogP contribution in [0.5, 0.6) is 5.75 Å². The van der Waals surface area contributed by atoms with Crippen molar-refractivity contribution in [2.75, 3.05) is 6.61 Å². The highest BCUT2D eigenvalue weighted by Gasteiger charge is 2.43. The Balaban J connectivity index is 2.30. The van der Waals surface area contributed by atoms with E-state index in [1.165, 1.54) is 12.1 Å². The molecular weight excluding hydrogens is 368 g/mol. The van der Waals surface area contributed by atoms with Gasteiger partial charge in [0.05, 0.1) is 17.7 Å². The molecule has 0 atom stereocenters. The van der Waals surface area contributed by atoms with Gasteiger partial charge in [0.15, 0.2) is 5.75 Å². The van der Waals surface area contributed by atoms with Crippen LogP contribution in [0.25, 0.3) is 0 Å². The van der Waals surface area contributed by atoms with E-state index in [-0.39, 0.29) is 27.7 Å². The fourth-order valence-electron chi connectivity index (χ4n) is 1.83. The molecule has 8 heteroatoms. The number of ether oxygens (including phenoxy) is 1. The molecule has 1 aromatic rings. The Morgan fingerprint density at radius 3 is 2.65 bits per heavy atom. The number of hydrogen-bond donors (Lipinski definition) is 1. The van der Waals surface area contributed by atoms with Crippen molar-refractivity contribution in [1.82, 2.24) is 0 Å². The summed E-state index contributed by atoms with van der Waals surface area (Å²) < 4.78 is 29.2. The number of nitriles is 1. The molecule has 0 saturated heterocycles. The number of benzene rings is 1. The summed E-state index contributed by atoms with van der Waals surface area (Å²) in [5, 5.41) is 14.1. The van der Waals surface area contributed by atoms with Crippen molar-refractivity contribution in [2.45, 2.75) is 24.2 Å². The molecule has 0 amide bonds. The monoisotopic (exact) mass is 378 g/mol. The third-order valence-corrected chi connectivity index (χ3v) is 4.87. The van der Waals surface area contributed by atoms with E-state index in [0.717, 1.165) is 12.8 Å². The highest BCUT2D eigenvalue weighted by molar-refractivity contribution is 9.10. The van der Waals surface area contributed by atoms with E-state index >= 15 is 0 Å². The summed E-state index contributed by atoms with van der Waals surface area (Å²) in [6, 6.07) is 5.00. The lowest BCUT2D eigenvalue weighted by molar-refractivity contribution is 0.231. The lowest BCUT2D eigenvalue weighted by Crippen LogP contribution is -2.17. The van der Waals surface area contributed by atoms with Crippen LogP contribution in [0.4, 0.5) is 0 Å². The Kier molecular flexibility index (Phi) is 4.30. The van der Waals surface area contributed by atoms with Crippen LogP contribution in [-0.4, -0.2) is 15.0 Å². The zero-order chi connectivity index (χ0) is 15.0. The Morgan fingerprint density at radius 1 is 1.50 bits per heavy atom. The van der Waals surface area contributed by atoms with Gasteiger partial charge in [0.2, 0.25) is 10.0 Å². The molecule has 0 heterocycles. The zero-order valence-electron chi connectivity index (χ0n) is 10.4. The normalized spacial score (nSPS) is 16.5. The predicted octanol–water partition coefficient (Wildman–Crippen LogP) is 2.82. The first kappa shape index (κ1) is 15.6. The molecule has 0 radical (unpaired) electrons. The molecule has 2 rings (SSSR count). The molecule has 0 bridgehead atoms. The standard InChI is InChI=1S/C12H12BrClN2O3S/c13-8-5-9(14)11(10(6-8)20(16,17)18)19-7-12(1-2-12)3-4-15/h5-6H,1-3,7H2,(H2,16,17,18). The maximum Gasteiger partial charge on any atom is 0.241 e. The van der Waals surface area contributed by atoms with E-state index in [4.69, 9.17) is 26.7 Å². The van der Waals surface area contributed by atoms with Crippen LogP contribution < -0.4 is 9.88 Å². The first-order valence-corrected chi connectivity index (χ1v) is 8.51. The molecule has 5 nitrogen and oxygen atoms in total. The third kappa shape index (κ3) is 3.44. The van der Waals surface area contributed by atoms with Gasteiger partial charge in [-0.25, -0.2) is 13.6 Å². The maximum absolute atomic E-state index is 11.6. The molecule has 1 aromatic carbocycles. The van der Waals surface area contributed by atoms with Gasteiger partial charge in [0.25, 0.3) is 0 Å². The minimum atomic E-state index is -3.94. The van der Waals surface area contributed by atoms with Crippen LogP contribution in [-0.2, 0) is 10.0 Å². The van der Waals surface area contributed by atoms with Crippen molar-refractivity contribution >= 4 is 37.6 Å². The second-order valence-corrected chi connectivity index (χ2v) is 7.74. The Bertz CT molecular complexity index is 681. The van der Waals surface area contributed by atoms with E-state index in [9.17, 15) is 8.42 Å². The van der Waals surface area contributed by atoms with Gasteiger partial charge in [0, 0.05) is 16.3 Å². The summed E-state index contributed by atoms with van der Waals surface area (Å²) in [7, 11) is -3.94. The summed E-state index contributed by atoms with van der Waals surface area (Å²) in [4.78, 5) is -0.162. The molecule has 0 aromatic heterocycles. The third-order valence-electron chi connectivity index (χ3n) is 3.21. The summed E-state index contributed by atoms with van der Waals surface area (Å²) in [5.74, 6) is 0.0431. The number of hydrogen-bond acceptors (Lipinski definition) is 4. The average molecular weight is 380 g/mol. The molecule has 0 unspecified atom stereocenters. The second kappa shape index (κ2) is 5.53. The first-order chi connectivity index (χ1) is 9.27. The Morgan fingerprint density at radius 2 is 2.15 bits per heavy atom. The molecule has 1 aliphatic rings. The minimum absolute atomic E-state index is 0.0431. The Hall–Kier alpha value is -0.810. The largest absolute Gasteiger partial charge is 0.490 e. The number of sulfonamides is 1. The van der Waals surface area contributed by atoms with E-state index in [2.05, 4.69) is 22.0 Å². The fourth-order valence-corrected chi connectivity index (χ4v) is 3.62. The van der Waals surface area contributed by atoms with Gasteiger partial charge >= 0.3 is 0 Å². The number of rotatable bonds is 5. The zero-order valence-corrected chi connectivity index (χ0v) is 13.6. The topological polar surface area (TPSA) is 93.2 Å². The fraction of sp³-hybridized carbons (Fsp3) is 0.417. The number of halogens is 2. The van der Waals surface area contributed by atoms with Gasteiger partial charge in [-0.2, -0.15) is 5.26 Å². The highest BCUT2D eigenvalue weighted by Crippen LogP contribution is 2.49. The molecule has 20 heavy (non-hydrogen) atoms. The van der Waals surface area contributed by atoms with Crippen LogP contribution in [0, 0.1) is 16.7 Å². The van der Waals surface area contributed by atoms with Crippen molar-refractivity contribution in [3.05, 3.63) is 21.6 Å². The lowest BCUT2D eigenvalue weighted by Gasteiger charge is -2.16. The van der Waals surface area contributed by atoms with Gasteiger partial charge in [-0.1, -0.05) is 27.5 Å². The molecule has 2 N–H and O–H groups in total. The minimum Gasteiger partial charge on any atom is -0.490 e. The molecular formula is C12H12BrClN2O3S. The van der Waals surface area contributed by atoms with E-state index in [1.54, 1.807) is 0 Å². The summed E-state index contributed by atoms with van der Waals surface area (Å²) >= 11 is 9.19. The van der Waals surface area contributed by atoms with Crippen molar-refractivity contribution < 1.29 is 13.2 Å². The summed E-state index contributed by atoms with van der Waals surface area (Å²) in [6.07, 6.45) is 2.16. The number of nitrogens with zero attached hydrogens (tertiary/aromatic N) is 1. The summed E-state index contributed by atoms with van der Waals surface area (Å²) in [5.41, 5.74) is -0.180. The van der Waals surface area contributed by atoms with Crippen molar-refractivity contribution in [2.24, 2.45) is 10.6 Å². The van der Waals surface area contributed by atoms with Crippen LogP contribution >= 0.6 is 27.5 Å². The van der Waals surface area contributed by atoms with Crippen LogP contribution in [0.15, 0.2) is 21.5 Å². The summed E-state index contributed by atoms with van der Waals surface area (Å²) in [6.45, 7) is 0.254. The number of nitrogens with two attached hydrogens (primary N) is 1. The van der Waals surface area contributed by atoms with Gasteiger partial charge in [-0.3, -0.25) is 0 Å².